The monoisotopic (exact) mass is 684 g/mol. The summed E-state index contributed by atoms with van der Waals surface area (Å²) in [4.78, 5) is 37.8. The highest BCUT2D eigenvalue weighted by molar-refractivity contribution is 6.74. The summed E-state index contributed by atoms with van der Waals surface area (Å²) in [7, 11) is -1.54. The first-order valence-electron chi connectivity index (χ1n) is 15.2. The predicted octanol–water partition coefficient (Wildman–Crippen LogP) is 6.86. The van der Waals surface area contributed by atoms with E-state index >= 15 is 4.39 Å². The Hall–Kier alpha value is -3.65. The first-order valence-corrected chi connectivity index (χ1v) is 18.1. The molecule has 0 saturated carbocycles. The molecule has 2 aromatic carbocycles. The molecule has 1 aliphatic carbocycles. The van der Waals surface area contributed by atoms with Gasteiger partial charge in [-0.3, -0.25) is 14.5 Å². The van der Waals surface area contributed by atoms with Gasteiger partial charge in [-0.1, -0.05) is 51.1 Å². The van der Waals surface area contributed by atoms with Crippen LogP contribution in [0.3, 0.4) is 0 Å². The SMILES string of the molecule is COC(=O)CN(C(=O)C(F)(F)F)c1c(OCc2ccccc2)cc2c(c1F)C[C@H](NC(=O)OC(C)(C)C)[C@@H](O[Si](C)(C)C(C)(C)C)C2. The number of rotatable bonds is 9. The summed E-state index contributed by atoms with van der Waals surface area (Å²) in [5, 5.41) is 2.54. The second-order valence-electron chi connectivity index (χ2n) is 14.0. The molecule has 0 radical (unpaired) electrons. The van der Waals surface area contributed by atoms with Gasteiger partial charge in [-0.25, -0.2) is 9.18 Å². The molecule has 14 heteroatoms. The van der Waals surface area contributed by atoms with Crippen LogP contribution < -0.4 is 15.0 Å². The lowest BCUT2D eigenvalue weighted by molar-refractivity contribution is -0.171. The number of ether oxygens (including phenoxy) is 3. The number of fused-ring (bicyclic) bond motifs is 1. The number of benzene rings is 2. The normalized spacial score (nSPS) is 17.0. The summed E-state index contributed by atoms with van der Waals surface area (Å²) in [6.07, 6.45) is -7.05. The van der Waals surface area contributed by atoms with Gasteiger partial charge in [0.1, 0.15) is 30.2 Å². The number of alkyl halides is 3. The number of nitrogens with zero attached hydrogens (tertiary/aromatic N) is 1. The number of hydrogen-bond acceptors (Lipinski definition) is 7. The van der Waals surface area contributed by atoms with Gasteiger partial charge < -0.3 is 24.0 Å². The maximum absolute atomic E-state index is 16.8. The minimum atomic E-state index is -5.46. The van der Waals surface area contributed by atoms with Gasteiger partial charge in [0.25, 0.3) is 0 Å². The maximum atomic E-state index is 16.8. The van der Waals surface area contributed by atoms with Crippen LogP contribution in [0.15, 0.2) is 36.4 Å². The molecule has 0 aliphatic heterocycles. The number of halogens is 4. The summed E-state index contributed by atoms with van der Waals surface area (Å²) in [5.74, 6) is -5.27. The van der Waals surface area contributed by atoms with E-state index in [1.165, 1.54) is 6.07 Å². The molecule has 3 rings (SSSR count). The average Bonchev–Trinajstić information content (AvgIpc) is 2.93. The van der Waals surface area contributed by atoms with Crippen LogP contribution in [-0.4, -0.2) is 63.9 Å². The lowest BCUT2D eigenvalue weighted by Gasteiger charge is -2.43. The Bertz CT molecular complexity index is 1450. The third kappa shape index (κ3) is 9.69. The fourth-order valence-electron chi connectivity index (χ4n) is 4.80. The fraction of sp³-hybridized carbons (Fsp3) is 0.545. The van der Waals surface area contributed by atoms with Gasteiger partial charge in [-0.05, 0) is 74.5 Å². The number of amides is 2. The van der Waals surface area contributed by atoms with Gasteiger partial charge >= 0.3 is 24.1 Å². The van der Waals surface area contributed by atoms with Crippen LogP contribution in [0.5, 0.6) is 5.75 Å². The number of hydrogen-bond donors (Lipinski definition) is 1. The minimum absolute atomic E-state index is 0.0176. The quantitative estimate of drug-likeness (QED) is 0.175. The Morgan fingerprint density at radius 1 is 1.00 bits per heavy atom. The lowest BCUT2D eigenvalue weighted by Crippen LogP contribution is -2.55. The molecule has 1 aliphatic rings. The van der Waals surface area contributed by atoms with Crippen molar-refractivity contribution in [1.82, 2.24) is 5.32 Å². The Kier molecular flexibility index (Phi) is 11.4. The van der Waals surface area contributed by atoms with E-state index < -0.39 is 68.3 Å². The van der Waals surface area contributed by atoms with E-state index in [1.54, 1.807) is 51.1 Å². The van der Waals surface area contributed by atoms with E-state index in [9.17, 15) is 27.6 Å². The van der Waals surface area contributed by atoms with Crippen LogP contribution in [0.25, 0.3) is 0 Å². The summed E-state index contributed by atoms with van der Waals surface area (Å²) in [6, 6.07) is 9.15. The molecule has 2 aromatic rings. The Morgan fingerprint density at radius 2 is 1.62 bits per heavy atom. The fourth-order valence-corrected chi connectivity index (χ4v) is 6.15. The molecule has 2 amide bonds. The number of anilines is 1. The van der Waals surface area contributed by atoms with Crippen LogP contribution in [0.2, 0.25) is 18.1 Å². The molecule has 0 spiro atoms. The molecule has 260 valence electrons. The van der Waals surface area contributed by atoms with E-state index in [-0.39, 0.29) is 40.7 Å². The van der Waals surface area contributed by atoms with E-state index in [0.29, 0.717) is 11.1 Å². The van der Waals surface area contributed by atoms with E-state index in [1.807, 2.05) is 33.9 Å². The highest BCUT2D eigenvalue weighted by Crippen LogP contribution is 2.43. The topological polar surface area (TPSA) is 103 Å². The number of alkyl carbamates (subject to hydrolysis) is 1. The summed E-state index contributed by atoms with van der Waals surface area (Å²) in [5.41, 5.74) is -0.792. The Labute approximate surface area is 274 Å². The molecular formula is C33H44F4N2O7Si. The molecule has 0 fully saturated rings. The van der Waals surface area contributed by atoms with Crippen LogP contribution >= 0.6 is 0 Å². The zero-order chi connectivity index (χ0) is 35.5. The van der Waals surface area contributed by atoms with Crippen molar-refractivity contribution in [1.29, 1.82) is 0 Å². The van der Waals surface area contributed by atoms with E-state index in [4.69, 9.17) is 13.9 Å². The largest absolute Gasteiger partial charge is 0.487 e. The molecule has 2 atom stereocenters. The number of carbonyl (C=O) groups excluding carboxylic acids is 3. The highest BCUT2D eigenvalue weighted by Gasteiger charge is 2.47. The smallest absolute Gasteiger partial charge is 0.471 e. The van der Waals surface area contributed by atoms with Crippen LogP contribution in [0.4, 0.5) is 28.0 Å². The predicted molar refractivity (Wildman–Crippen MR) is 170 cm³/mol. The average molecular weight is 685 g/mol. The van der Waals surface area contributed by atoms with Gasteiger partial charge in [-0.15, -0.1) is 0 Å². The summed E-state index contributed by atoms with van der Waals surface area (Å²) >= 11 is 0. The van der Waals surface area contributed by atoms with Gasteiger partial charge in [0, 0.05) is 0 Å². The molecule has 0 unspecified atom stereocenters. The zero-order valence-electron chi connectivity index (χ0n) is 28.3. The van der Waals surface area contributed by atoms with Gasteiger partial charge in [-0.2, -0.15) is 13.2 Å². The van der Waals surface area contributed by atoms with Crippen molar-refractivity contribution in [2.24, 2.45) is 0 Å². The molecule has 0 bridgehead atoms. The number of carbonyl (C=O) groups is 3. The standard InChI is InChI=1S/C33H44F4N2O7Si/c1-31(2,3)45-30(42)38-23-17-22-21(15-24(23)46-47(8,9)32(4,5)6)16-25(44-19-20-13-11-10-12-14-20)28(27(22)34)39(18-26(40)43-7)29(41)33(35,36)37/h10-14,16,23-24H,15,17-19H2,1-9H3,(H,38,42)/t23-,24-/m0/s1. The second kappa shape index (κ2) is 14.2. The first kappa shape index (κ1) is 37.8. The van der Waals surface area contributed by atoms with Gasteiger partial charge in [0.15, 0.2) is 14.1 Å². The third-order valence-corrected chi connectivity index (χ3v) is 12.7. The van der Waals surface area contributed by atoms with Crippen molar-refractivity contribution in [3.8, 4) is 5.75 Å². The molecule has 47 heavy (non-hydrogen) atoms. The van der Waals surface area contributed by atoms with E-state index in [0.717, 1.165) is 7.11 Å². The van der Waals surface area contributed by atoms with Crippen molar-refractivity contribution in [2.45, 2.75) is 103 Å². The molecule has 9 nitrogen and oxygen atoms in total. The van der Waals surface area contributed by atoms with Crippen LogP contribution in [-0.2, 0) is 42.9 Å². The molecule has 0 aromatic heterocycles. The molecule has 0 heterocycles. The van der Waals surface area contributed by atoms with Crippen LogP contribution in [0.1, 0.15) is 58.2 Å². The molecular weight excluding hydrogens is 640 g/mol. The first-order chi connectivity index (χ1) is 21.5. The second-order valence-corrected chi connectivity index (χ2v) is 18.7. The van der Waals surface area contributed by atoms with Crippen LogP contribution in [0, 0.1) is 5.82 Å². The number of nitrogens with one attached hydrogen (secondary N) is 1. The van der Waals surface area contributed by atoms with E-state index in [2.05, 4.69) is 10.1 Å². The van der Waals surface area contributed by atoms with Crippen molar-refractivity contribution in [2.75, 3.05) is 18.6 Å². The summed E-state index contributed by atoms with van der Waals surface area (Å²) < 4.78 is 80.9. The number of esters is 1. The zero-order valence-corrected chi connectivity index (χ0v) is 29.3. The van der Waals surface area contributed by atoms with Crippen molar-refractivity contribution in [3.63, 3.8) is 0 Å². The number of methoxy groups -OCH3 is 1. The Balaban J connectivity index is 2.21. The summed E-state index contributed by atoms with van der Waals surface area (Å²) in [6.45, 7) is 13.8. The highest BCUT2D eigenvalue weighted by atomic mass is 28.4. The third-order valence-electron chi connectivity index (χ3n) is 8.16. The van der Waals surface area contributed by atoms with Gasteiger partial charge in [0.05, 0.1) is 19.3 Å². The minimum Gasteiger partial charge on any atom is -0.487 e. The molecule has 0 saturated heterocycles. The van der Waals surface area contributed by atoms with Crippen molar-refractivity contribution < 1.29 is 50.6 Å². The molecule has 1 N–H and O–H groups in total. The Morgan fingerprint density at radius 3 is 2.15 bits per heavy atom. The van der Waals surface area contributed by atoms with Crippen molar-refractivity contribution in [3.05, 3.63) is 58.9 Å². The maximum Gasteiger partial charge on any atom is 0.471 e. The lowest BCUT2D eigenvalue weighted by atomic mass is 9.85. The van der Waals surface area contributed by atoms with Crippen molar-refractivity contribution >= 4 is 32.0 Å². The van der Waals surface area contributed by atoms with Gasteiger partial charge in [0.2, 0.25) is 0 Å².